The molecular weight excluding hydrogens is 194 g/mol. The first-order chi connectivity index (χ1) is 7.83. The van der Waals surface area contributed by atoms with Crippen molar-refractivity contribution in [3.05, 3.63) is 35.4 Å². The third-order valence-electron chi connectivity index (χ3n) is 3.90. The van der Waals surface area contributed by atoms with Crippen LogP contribution in [-0.2, 0) is 0 Å². The first-order valence-corrected chi connectivity index (χ1v) is 6.56. The van der Waals surface area contributed by atoms with Crippen molar-refractivity contribution in [2.75, 3.05) is 13.6 Å². The molecule has 1 saturated carbocycles. The minimum absolute atomic E-state index is 0.684. The molecule has 1 fully saturated rings. The summed E-state index contributed by atoms with van der Waals surface area (Å²) >= 11 is 0. The van der Waals surface area contributed by atoms with Crippen LogP contribution in [0, 0.1) is 0 Å². The van der Waals surface area contributed by atoms with Crippen LogP contribution in [0.15, 0.2) is 24.3 Å². The highest BCUT2D eigenvalue weighted by molar-refractivity contribution is 5.34. The van der Waals surface area contributed by atoms with Gasteiger partial charge in [0.05, 0.1) is 0 Å². The Morgan fingerprint density at radius 2 is 2.06 bits per heavy atom. The van der Waals surface area contributed by atoms with E-state index in [-0.39, 0.29) is 0 Å². The molecule has 0 saturated heterocycles. The fraction of sp³-hybridized carbons (Fsp3) is 0.600. The lowest BCUT2D eigenvalue weighted by molar-refractivity contribution is 0.415. The number of hydrogen-bond acceptors (Lipinski definition) is 1. The standard InChI is InChI=1S/C15H23N/c1-12(10-11-16-2)14-8-3-4-9-15(14)13-6-5-7-13/h3-4,8-9,12-13,16H,5-7,10-11H2,1-2H3. The Bertz CT molecular complexity index is 328. The molecule has 1 heteroatoms. The topological polar surface area (TPSA) is 12.0 Å². The lowest BCUT2D eigenvalue weighted by Gasteiger charge is -2.29. The quantitative estimate of drug-likeness (QED) is 0.793. The molecule has 1 nitrogen and oxygen atoms in total. The molecule has 0 spiro atoms. The van der Waals surface area contributed by atoms with E-state index in [1.165, 1.54) is 25.7 Å². The maximum Gasteiger partial charge on any atom is -0.00462 e. The summed E-state index contributed by atoms with van der Waals surface area (Å²) in [5.41, 5.74) is 3.21. The van der Waals surface area contributed by atoms with Crippen LogP contribution in [0.25, 0.3) is 0 Å². The maximum atomic E-state index is 3.25. The fourth-order valence-electron chi connectivity index (χ4n) is 2.57. The molecule has 0 radical (unpaired) electrons. The van der Waals surface area contributed by atoms with Crippen LogP contribution in [-0.4, -0.2) is 13.6 Å². The van der Waals surface area contributed by atoms with Crippen molar-refractivity contribution in [3.8, 4) is 0 Å². The monoisotopic (exact) mass is 217 g/mol. The Morgan fingerprint density at radius 1 is 1.31 bits per heavy atom. The highest BCUT2D eigenvalue weighted by Crippen LogP contribution is 2.40. The van der Waals surface area contributed by atoms with Crippen LogP contribution in [0.3, 0.4) is 0 Å². The highest BCUT2D eigenvalue weighted by atomic mass is 14.8. The van der Waals surface area contributed by atoms with Crippen molar-refractivity contribution in [2.24, 2.45) is 0 Å². The zero-order valence-corrected chi connectivity index (χ0v) is 10.5. The van der Waals surface area contributed by atoms with Gasteiger partial charge in [0.15, 0.2) is 0 Å². The third kappa shape index (κ3) is 2.46. The Balaban J connectivity index is 2.11. The predicted octanol–water partition coefficient (Wildman–Crippen LogP) is 3.67. The molecule has 0 heterocycles. The minimum Gasteiger partial charge on any atom is -0.320 e. The van der Waals surface area contributed by atoms with E-state index in [0.29, 0.717) is 5.92 Å². The van der Waals surface area contributed by atoms with Crippen LogP contribution in [0.4, 0.5) is 0 Å². The van der Waals surface area contributed by atoms with E-state index in [0.717, 1.165) is 12.5 Å². The Morgan fingerprint density at radius 3 is 2.69 bits per heavy atom. The van der Waals surface area contributed by atoms with Gasteiger partial charge < -0.3 is 5.32 Å². The third-order valence-corrected chi connectivity index (χ3v) is 3.90. The first-order valence-electron chi connectivity index (χ1n) is 6.56. The van der Waals surface area contributed by atoms with Crippen molar-refractivity contribution in [1.82, 2.24) is 5.32 Å². The molecule has 0 aliphatic heterocycles. The van der Waals surface area contributed by atoms with Gasteiger partial charge in [0.2, 0.25) is 0 Å². The average Bonchev–Trinajstić information content (AvgIpc) is 2.24. The molecule has 0 aromatic heterocycles. The van der Waals surface area contributed by atoms with E-state index in [1.807, 2.05) is 7.05 Å². The molecule has 2 rings (SSSR count). The average molecular weight is 217 g/mol. The van der Waals surface area contributed by atoms with Crippen LogP contribution >= 0.6 is 0 Å². The largest absolute Gasteiger partial charge is 0.320 e. The zero-order chi connectivity index (χ0) is 11.4. The second-order valence-electron chi connectivity index (χ2n) is 5.05. The van der Waals surface area contributed by atoms with Crippen LogP contribution in [0.2, 0.25) is 0 Å². The van der Waals surface area contributed by atoms with E-state index in [2.05, 4.69) is 36.5 Å². The Labute approximate surface area is 99.3 Å². The maximum absolute atomic E-state index is 3.25. The summed E-state index contributed by atoms with van der Waals surface area (Å²) in [6.07, 6.45) is 5.45. The van der Waals surface area contributed by atoms with Gasteiger partial charge in [0, 0.05) is 0 Å². The molecule has 88 valence electrons. The molecule has 0 bridgehead atoms. The van der Waals surface area contributed by atoms with Crippen molar-refractivity contribution >= 4 is 0 Å². The van der Waals surface area contributed by atoms with Crippen molar-refractivity contribution in [3.63, 3.8) is 0 Å². The van der Waals surface area contributed by atoms with Gasteiger partial charge in [-0.2, -0.15) is 0 Å². The van der Waals surface area contributed by atoms with Crippen LogP contribution < -0.4 is 5.32 Å². The summed E-state index contributed by atoms with van der Waals surface area (Å²) in [6.45, 7) is 3.47. The summed E-state index contributed by atoms with van der Waals surface area (Å²) in [5.74, 6) is 1.54. The van der Waals surface area contributed by atoms with Gasteiger partial charge in [-0.25, -0.2) is 0 Å². The second kappa shape index (κ2) is 5.49. The van der Waals surface area contributed by atoms with Gasteiger partial charge >= 0.3 is 0 Å². The summed E-state index contributed by atoms with van der Waals surface area (Å²) in [6, 6.07) is 9.05. The number of benzene rings is 1. The van der Waals surface area contributed by atoms with Gasteiger partial charge in [-0.3, -0.25) is 0 Å². The van der Waals surface area contributed by atoms with E-state index in [1.54, 1.807) is 11.1 Å². The lowest BCUT2D eigenvalue weighted by atomic mass is 9.76. The first kappa shape index (κ1) is 11.7. The molecule has 0 amide bonds. The van der Waals surface area contributed by atoms with Gasteiger partial charge in [-0.1, -0.05) is 37.6 Å². The zero-order valence-electron chi connectivity index (χ0n) is 10.5. The summed E-state index contributed by atoms with van der Waals surface area (Å²) < 4.78 is 0. The van der Waals surface area contributed by atoms with Gasteiger partial charge in [-0.05, 0) is 55.8 Å². The van der Waals surface area contributed by atoms with Gasteiger partial charge in [0.1, 0.15) is 0 Å². The summed E-state index contributed by atoms with van der Waals surface area (Å²) in [4.78, 5) is 0. The fourth-order valence-corrected chi connectivity index (χ4v) is 2.57. The summed E-state index contributed by atoms with van der Waals surface area (Å²) in [7, 11) is 2.03. The van der Waals surface area contributed by atoms with E-state index >= 15 is 0 Å². The molecule has 1 unspecified atom stereocenters. The molecule has 1 aliphatic carbocycles. The Kier molecular flexibility index (Phi) is 4.00. The number of hydrogen-bond donors (Lipinski definition) is 1. The number of rotatable bonds is 5. The molecule has 1 atom stereocenters. The van der Waals surface area contributed by atoms with E-state index in [4.69, 9.17) is 0 Å². The van der Waals surface area contributed by atoms with Crippen molar-refractivity contribution in [1.29, 1.82) is 0 Å². The highest BCUT2D eigenvalue weighted by Gasteiger charge is 2.23. The molecule has 1 N–H and O–H groups in total. The molecule has 1 aliphatic rings. The molecular formula is C15H23N. The van der Waals surface area contributed by atoms with Gasteiger partial charge in [0.25, 0.3) is 0 Å². The van der Waals surface area contributed by atoms with Gasteiger partial charge in [-0.15, -0.1) is 0 Å². The lowest BCUT2D eigenvalue weighted by Crippen LogP contribution is -2.15. The second-order valence-corrected chi connectivity index (χ2v) is 5.05. The van der Waals surface area contributed by atoms with Crippen LogP contribution in [0.1, 0.15) is 55.6 Å². The van der Waals surface area contributed by atoms with E-state index < -0.39 is 0 Å². The molecule has 1 aromatic carbocycles. The molecule has 1 aromatic rings. The SMILES string of the molecule is CNCCC(C)c1ccccc1C1CCC1. The minimum atomic E-state index is 0.684. The molecule has 16 heavy (non-hydrogen) atoms. The van der Waals surface area contributed by atoms with Crippen LogP contribution in [0.5, 0.6) is 0 Å². The normalized spacial score (nSPS) is 18.1. The van der Waals surface area contributed by atoms with Crippen molar-refractivity contribution < 1.29 is 0 Å². The number of nitrogens with one attached hydrogen (secondary N) is 1. The smallest absolute Gasteiger partial charge is 0.00462 e. The Hall–Kier alpha value is -0.820. The van der Waals surface area contributed by atoms with Crippen molar-refractivity contribution in [2.45, 2.75) is 44.4 Å². The summed E-state index contributed by atoms with van der Waals surface area (Å²) in [5, 5.41) is 3.25. The predicted molar refractivity (Wildman–Crippen MR) is 70.0 cm³/mol. The van der Waals surface area contributed by atoms with E-state index in [9.17, 15) is 0 Å².